The minimum Gasteiger partial charge on any atom is -0.427 e. The molecule has 0 unspecified atom stereocenters. The van der Waals surface area contributed by atoms with E-state index in [1.165, 1.54) is 0 Å². The predicted molar refractivity (Wildman–Crippen MR) is 154 cm³/mol. The van der Waals surface area contributed by atoms with Gasteiger partial charge in [0.2, 0.25) is 8.32 Å². The van der Waals surface area contributed by atoms with Crippen molar-refractivity contribution in [2.75, 3.05) is 4.90 Å². The van der Waals surface area contributed by atoms with Crippen LogP contribution in [0.25, 0.3) is 12.2 Å². The van der Waals surface area contributed by atoms with E-state index in [1.54, 1.807) is 0 Å². The van der Waals surface area contributed by atoms with E-state index < -0.39 is 8.32 Å². The first-order chi connectivity index (χ1) is 16.9. The highest BCUT2D eigenvalue weighted by Crippen LogP contribution is 2.34. The average molecular weight is 478 g/mol. The molecule has 3 heteroatoms. The Balaban J connectivity index is 1.54. The fourth-order valence-electron chi connectivity index (χ4n) is 4.72. The lowest BCUT2D eigenvalue weighted by atomic mass is 10.1. The van der Waals surface area contributed by atoms with Crippen LogP contribution >= 0.6 is 0 Å². The fraction of sp³-hybridized carbons (Fsp3) is 0.188. The Morgan fingerprint density at radius 2 is 0.914 bits per heavy atom. The van der Waals surface area contributed by atoms with Gasteiger partial charge in [-0.1, -0.05) is 113 Å². The van der Waals surface area contributed by atoms with Crippen molar-refractivity contribution in [2.24, 2.45) is 0 Å². The molecule has 1 N–H and O–H groups in total. The van der Waals surface area contributed by atoms with Gasteiger partial charge in [0.1, 0.15) is 0 Å². The second-order valence-electron chi connectivity index (χ2n) is 9.69. The van der Waals surface area contributed by atoms with Crippen LogP contribution in [-0.2, 0) is 0 Å². The Hall–Kier alpha value is -3.40. The molecule has 35 heavy (non-hydrogen) atoms. The van der Waals surface area contributed by atoms with E-state index in [4.69, 9.17) is 0 Å². The van der Waals surface area contributed by atoms with Gasteiger partial charge in [-0.2, -0.15) is 0 Å². The number of nitrogens with zero attached hydrogens (tertiary/aromatic N) is 1. The van der Waals surface area contributed by atoms with Crippen molar-refractivity contribution >= 4 is 42.7 Å². The highest BCUT2D eigenvalue weighted by Gasteiger charge is 2.40. The van der Waals surface area contributed by atoms with Crippen molar-refractivity contribution in [3.63, 3.8) is 0 Å². The number of anilines is 3. The molecule has 0 bridgehead atoms. The second kappa shape index (κ2) is 10.9. The van der Waals surface area contributed by atoms with E-state index in [-0.39, 0.29) is 11.1 Å². The van der Waals surface area contributed by atoms with Crippen LogP contribution < -0.4 is 10.1 Å². The van der Waals surface area contributed by atoms with Gasteiger partial charge in [-0.3, -0.25) is 0 Å². The lowest BCUT2D eigenvalue weighted by Gasteiger charge is -2.33. The van der Waals surface area contributed by atoms with Crippen LogP contribution in [0.2, 0.25) is 11.1 Å². The zero-order valence-corrected chi connectivity index (χ0v) is 22.1. The monoisotopic (exact) mass is 477 g/mol. The molecule has 0 aliphatic rings. The molecule has 0 saturated heterocycles. The van der Waals surface area contributed by atoms with Gasteiger partial charge in [-0.25, -0.2) is 0 Å². The lowest BCUT2D eigenvalue weighted by Crippen LogP contribution is -2.53. The Bertz CT molecular complexity index is 1180. The van der Waals surface area contributed by atoms with Crippen molar-refractivity contribution in [1.29, 1.82) is 0 Å². The molecule has 4 aromatic rings. The van der Waals surface area contributed by atoms with E-state index in [9.17, 15) is 4.80 Å². The topological polar surface area (TPSA) is 23.5 Å². The van der Waals surface area contributed by atoms with Crippen LogP contribution in [0.4, 0.5) is 17.1 Å². The standard InChI is InChI=1S/C32H35NOSi/c1-25(2)35(34,26(3)4)32-23-19-28(20-24-32)16-15-27-17-21-31(22-18-27)33(29-11-7-5-8-12-29)30-13-9-6-10-14-30/h5-26,34H,1-4H3/b16-15+. The largest absolute Gasteiger partial charge is 0.427 e. The Kier molecular flexibility index (Phi) is 7.69. The molecule has 0 radical (unpaired) electrons. The third-order valence-corrected chi connectivity index (χ3v) is 11.6. The number of rotatable bonds is 8. The summed E-state index contributed by atoms with van der Waals surface area (Å²) in [4.78, 5) is 13.7. The number of hydrogen-bond acceptors (Lipinski definition) is 2. The van der Waals surface area contributed by atoms with Gasteiger partial charge in [-0.15, -0.1) is 0 Å². The summed E-state index contributed by atoms with van der Waals surface area (Å²) in [6.07, 6.45) is 4.28. The van der Waals surface area contributed by atoms with E-state index >= 15 is 0 Å². The van der Waals surface area contributed by atoms with Gasteiger partial charge in [-0.05, 0) is 63.8 Å². The zero-order valence-electron chi connectivity index (χ0n) is 21.1. The Labute approximate surface area is 211 Å². The molecule has 2 nitrogen and oxygen atoms in total. The van der Waals surface area contributed by atoms with Crippen LogP contribution in [0.3, 0.4) is 0 Å². The maximum Gasteiger partial charge on any atom is 0.225 e. The number of para-hydroxylation sites is 2. The summed E-state index contributed by atoms with van der Waals surface area (Å²) in [5.74, 6) is 0. The van der Waals surface area contributed by atoms with E-state index in [0.29, 0.717) is 0 Å². The third-order valence-electron chi connectivity index (χ3n) is 6.78. The van der Waals surface area contributed by atoms with Crippen molar-refractivity contribution in [2.45, 2.75) is 38.8 Å². The minimum absolute atomic E-state index is 0.286. The molecule has 0 spiro atoms. The molecular weight excluding hydrogens is 442 g/mol. The van der Waals surface area contributed by atoms with Gasteiger partial charge in [0.15, 0.2) is 0 Å². The first-order valence-corrected chi connectivity index (χ1v) is 14.5. The van der Waals surface area contributed by atoms with Gasteiger partial charge < -0.3 is 9.70 Å². The van der Waals surface area contributed by atoms with Gasteiger partial charge in [0.25, 0.3) is 0 Å². The van der Waals surface area contributed by atoms with Crippen LogP contribution in [0.15, 0.2) is 109 Å². The molecule has 0 aliphatic carbocycles. The van der Waals surface area contributed by atoms with Crippen LogP contribution in [0.5, 0.6) is 0 Å². The van der Waals surface area contributed by atoms with Crippen LogP contribution in [0, 0.1) is 0 Å². The van der Waals surface area contributed by atoms with E-state index in [1.807, 2.05) is 12.1 Å². The average Bonchev–Trinajstić information content (AvgIpc) is 2.89. The van der Waals surface area contributed by atoms with Crippen LogP contribution in [0.1, 0.15) is 38.8 Å². The minimum atomic E-state index is -2.49. The zero-order chi connectivity index (χ0) is 24.8. The molecule has 0 fully saturated rings. The highest BCUT2D eigenvalue weighted by molar-refractivity contribution is 6.87. The summed E-state index contributed by atoms with van der Waals surface area (Å²) in [7, 11) is -2.49. The Morgan fingerprint density at radius 1 is 0.543 bits per heavy atom. The molecule has 0 atom stereocenters. The maximum atomic E-state index is 11.4. The highest BCUT2D eigenvalue weighted by atomic mass is 28.4. The lowest BCUT2D eigenvalue weighted by molar-refractivity contribution is 0.513. The predicted octanol–water partition coefficient (Wildman–Crippen LogP) is 8.29. The first kappa shape index (κ1) is 24.7. The molecule has 0 aromatic heterocycles. The molecule has 0 saturated carbocycles. The Morgan fingerprint density at radius 3 is 1.31 bits per heavy atom. The van der Waals surface area contributed by atoms with Crippen molar-refractivity contribution in [3.05, 3.63) is 120 Å². The van der Waals surface area contributed by atoms with E-state index in [2.05, 4.69) is 142 Å². The van der Waals surface area contributed by atoms with Gasteiger partial charge in [0.05, 0.1) is 0 Å². The second-order valence-corrected chi connectivity index (χ2v) is 14.2. The molecule has 178 valence electrons. The smallest absolute Gasteiger partial charge is 0.225 e. The van der Waals surface area contributed by atoms with Crippen LogP contribution in [-0.4, -0.2) is 13.1 Å². The maximum absolute atomic E-state index is 11.4. The summed E-state index contributed by atoms with van der Waals surface area (Å²) in [6.45, 7) is 8.56. The number of benzene rings is 4. The van der Waals surface area contributed by atoms with E-state index in [0.717, 1.165) is 33.4 Å². The third kappa shape index (κ3) is 5.48. The summed E-state index contributed by atoms with van der Waals surface area (Å²) < 4.78 is 0. The molecular formula is C32H35NOSi. The number of hydrogen-bond donors (Lipinski definition) is 1. The summed E-state index contributed by atoms with van der Waals surface area (Å²) in [6, 6.07) is 38.0. The molecule has 4 aromatic carbocycles. The van der Waals surface area contributed by atoms with Crippen molar-refractivity contribution in [1.82, 2.24) is 0 Å². The molecule has 0 amide bonds. The van der Waals surface area contributed by atoms with Gasteiger partial charge in [0, 0.05) is 17.1 Å². The van der Waals surface area contributed by atoms with Gasteiger partial charge >= 0.3 is 0 Å². The van der Waals surface area contributed by atoms with Crippen molar-refractivity contribution in [3.8, 4) is 0 Å². The molecule has 0 heterocycles. The molecule has 4 rings (SSSR count). The quantitative estimate of drug-likeness (QED) is 0.204. The SMILES string of the molecule is CC(C)[Si](O)(c1ccc(/C=C/c2ccc(N(c3ccccc3)c3ccccc3)cc2)cc1)C(C)C. The van der Waals surface area contributed by atoms with Crippen molar-refractivity contribution < 1.29 is 4.80 Å². The fourth-order valence-corrected chi connectivity index (χ4v) is 8.09. The molecule has 0 aliphatic heterocycles. The first-order valence-electron chi connectivity index (χ1n) is 12.4. The summed E-state index contributed by atoms with van der Waals surface area (Å²) in [5, 5.41) is 1.12. The summed E-state index contributed by atoms with van der Waals surface area (Å²) in [5.41, 5.74) is 6.24. The normalized spacial score (nSPS) is 12.0. The summed E-state index contributed by atoms with van der Waals surface area (Å²) >= 11 is 0.